The molecule has 0 saturated carbocycles. The fourth-order valence-electron chi connectivity index (χ4n) is 1.70. The molecule has 0 unspecified atom stereocenters. The van der Waals surface area contributed by atoms with Crippen molar-refractivity contribution in [2.45, 2.75) is 24.5 Å². The van der Waals surface area contributed by atoms with Crippen molar-refractivity contribution in [2.24, 2.45) is 0 Å². The van der Waals surface area contributed by atoms with Crippen molar-refractivity contribution in [3.05, 3.63) is 42.0 Å². The largest absolute Gasteiger partial charge is 0.418 e. The van der Waals surface area contributed by atoms with Gasteiger partial charge >= 0.3 is 6.18 Å². The molecular formula is C12H11F4N3O2S. The van der Waals surface area contributed by atoms with E-state index in [9.17, 15) is 26.0 Å². The molecule has 0 atom stereocenters. The lowest BCUT2D eigenvalue weighted by Gasteiger charge is -2.14. The summed E-state index contributed by atoms with van der Waals surface area (Å²) in [6.07, 6.45) is -2.70. The highest BCUT2D eigenvalue weighted by molar-refractivity contribution is 7.92. The Morgan fingerprint density at radius 3 is 2.55 bits per heavy atom. The molecule has 0 fully saturated rings. The van der Waals surface area contributed by atoms with Crippen LogP contribution in [0.3, 0.4) is 0 Å². The van der Waals surface area contributed by atoms with Gasteiger partial charge in [-0.25, -0.2) is 12.8 Å². The zero-order valence-electron chi connectivity index (χ0n) is 11.2. The minimum absolute atomic E-state index is 0.229. The van der Waals surface area contributed by atoms with E-state index in [4.69, 9.17) is 0 Å². The molecule has 1 aromatic heterocycles. The summed E-state index contributed by atoms with van der Waals surface area (Å²) in [5, 5.41) is 3.74. The number of hydrogen-bond donors (Lipinski definition) is 1. The molecule has 0 bridgehead atoms. The Morgan fingerprint density at radius 1 is 1.32 bits per heavy atom. The molecular weight excluding hydrogens is 326 g/mol. The second-order valence-corrected chi connectivity index (χ2v) is 6.01. The van der Waals surface area contributed by atoms with Gasteiger partial charge in [0.1, 0.15) is 10.7 Å². The second kappa shape index (κ2) is 5.59. The Labute approximate surface area is 123 Å². The van der Waals surface area contributed by atoms with Crippen molar-refractivity contribution in [3.8, 4) is 0 Å². The van der Waals surface area contributed by atoms with E-state index in [1.165, 1.54) is 10.9 Å². The topological polar surface area (TPSA) is 64.0 Å². The first-order chi connectivity index (χ1) is 10.1. The van der Waals surface area contributed by atoms with E-state index in [2.05, 4.69) is 5.10 Å². The number of anilines is 1. The first-order valence-corrected chi connectivity index (χ1v) is 7.54. The molecule has 5 nitrogen and oxygen atoms in total. The van der Waals surface area contributed by atoms with Gasteiger partial charge in [-0.05, 0) is 25.1 Å². The van der Waals surface area contributed by atoms with E-state index in [-0.39, 0.29) is 11.0 Å². The van der Waals surface area contributed by atoms with Gasteiger partial charge in [0.05, 0.1) is 17.4 Å². The zero-order chi connectivity index (χ0) is 16.5. The van der Waals surface area contributed by atoms with Crippen molar-refractivity contribution in [3.63, 3.8) is 0 Å². The van der Waals surface area contributed by atoms with Gasteiger partial charge in [-0.1, -0.05) is 0 Å². The molecule has 2 rings (SSSR count). The number of alkyl halides is 3. The van der Waals surface area contributed by atoms with Crippen LogP contribution >= 0.6 is 0 Å². The SMILES string of the molecule is CCn1cc(S(=O)(=O)Nc2ccc(F)cc2C(F)(F)F)cn1. The second-order valence-electron chi connectivity index (χ2n) is 4.32. The average Bonchev–Trinajstić information content (AvgIpc) is 2.89. The maximum Gasteiger partial charge on any atom is 0.418 e. The third kappa shape index (κ3) is 3.38. The summed E-state index contributed by atoms with van der Waals surface area (Å²) in [7, 11) is -4.25. The number of aryl methyl sites for hydroxylation is 1. The predicted molar refractivity (Wildman–Crippen MR) is 70.1 cm³/mol. The van der Waals surface area contributed by atoms with Gasteiger partial charge in [0.15, 0.2) is 0 Å². The minimum Gasteiger partial charge on any atom is -0.279 e. The molecule has 10 heteroatoms. The number of hydrogen-bond acceptors (Lipinski definition) is 3. The van der Waals surface area contributed by atoms with Crippen LogP contribution in [-0.4, -0.2) is 18.2 Å². The quantitative estimate of drug-likeness (QED) is 0.873. The summed E-state index contributed by atoms with van der Waals surface area (Å²) in [6.45, 7) is 2.12. The molecule has 0 aliphatic rings. The molecule has 0 saturated heterocycles. The van der Waals surface area contributed by atoms with Crippen LogP contribution in [-0.2, 0) is 22.7 Å². The lowest BCUT2D eigenvalue weighted by Crippen LogP contribution is -2.17. The molecule has 0 spiro atoms. The number of benzene rings is 1. The van der Waals surface area contributed by atoms with Crippen LogP contribution in [0.25, 0.3) is 0 Å². The molecule has 0 aliphatic carbocycles. The van der Waals surface area contributed by atoms with Gasteiger partial charge in [-0.15, -0.1) is 0 Å². The molecule has 1 N–H and O–H groups in total. The van der Waals surface area contributed by atoms with Gasteiger partial charge in [-0.3, -0.25) is 9.40 Å². The standard InChI is InChI=1S/C12H11F4N3O2S/c1-2-19-7-9(6-17-19)22(20,21)18-11-4-3-8(13)5-10(11)12(14,15)16/h3-7,18H,2H2,1H3. The first kappa shape index (κ1) is 16.3. The molecule has 0 radical (unpaired) electrons. The molecule has 2 aromatic rings. The zero-order valence-corrected chi connectivity index (χ0v) is 12.0. The van der Waals surface area contributed by atoms with Gasteiger partial charge in [-0.2, -0.15) is 18.3 Å². The Balaban J connectivity index is 2.42. The van der Waals surface area contributed by atoms with Gasteiger partial charge in [0.2, 0.25) is 0 Å². The van der Waals surface area contributed by atoms with Crippen LogP contribution in [0.4, 0.5) is 23.2 Å². The summed E-state index contributed by atoms with van der Waals surface area (Å²) in [5.74, 6) is -1.12. The normalized spacial score (nSPS) is 12.4. The summed E-state index contributed by atoms with van der Waals surface area (Å²) in [6, 6.07) is 1.69. The molecule has 120 valence electrons. The van der Waals surface area contributed by atoms with E-state index in [1.807, 2.05) is 0 Å². The highest BCUT2D eigenvalue weighted by Crippen LogP contribution is 2.36. The van der Waals surface area contributed by atoms with Gasteiger partial charge < -0.3 is 0 Å². The van der Waals surface area contributed by atoms with E-state index in [1.54, 1.807) is 11.6 Å². The van der Waals surface area contributed by atoms with Crippen LogP contribution in [0.1, 0.15) is 12.5 Å². The number of sulfonamides is 1. The maximum atomic E-state index is 13.0. The van der Waals surface area contributed by atoms with Crippen molar-refractivity contribution in [2.75, 3.05) is 4.72 Å². The molecule has 0 aliphatic heterocycles. The highest BCUT2D eigenvalue weighted by atomic mass is 32.2. The fourth-order valence-corrected chi connectivity index (χ4v) is 2.73. The van der Waals surface area contributed by atoms with Gasteiger partial charge in [0, 0.05) is 12.7 Å². The van der Waals surface area contributed by atoms with E-state index < -0.39 is 33.3 Å². The molecule has 22 heavy (non-hydrogen) atoms. The highest BCUT2D eigenvalue weighted by Gasteiger charge is 2.35. The Bertz CT molecular complexity index is 784. The number of nitrogens with zero attached hydrogens (tertiary/aromatic N) is 2. The molecule has 1 heterocycles. The lowest BCUT2D eigenvalue weighted by molar-refractivity contribution is -0.137. The Hall–Kier alpha value is -2.10. The Kier molecular flexibility index (Phi) is 4.14. The third-order valence-electron chi connectivity index (χ3n) is 2.78. The van der Waals surface area contributed by atoms with Crippen molar-refractivity contribution in [1.82, 2.24) is 9.78 Å². The minimum atomic E-state index is -4.90. The summed E-state index contributed by atoms with van der Waals surface area (Å²) >= 11 is 0. The third-order valence-corrected chi connectivity index (χ3v) is 4.10. The smallest absolute Gasteiger partial charge is 0.279 e. The summed E-state index contributed by atoms with van der Waals surface area (Å²) in [4.78, 5) is -0.285. The van der Waals surface area contributed by atoms with Crippen LogP contribution in [0.15, 0.2) is 35.5 Å². The van der Waals surface area contributed by atoms with E-state index in [0.717, 1.165) is 18.3 Å². The van der Waals surface area contributed by atoms with E-state index in [0.29, 0.717) is 6.54 Å². The van der Waals surface area contributed by atoms with Crippen molar-refractivity contribution >= 4 is 15.7 Å². The van der Waals surface area contributed by atoms with Gasteiger partial charge in [0.25, 0.3) is 10.0 Å². The fraction of sp³-hybridized carbons (Fsp3) is 0.250. The summed E-state index contributed by atoms with van der Waals surface area (Å²) < 4.78 is 78.8. The van der Waals surface area contributed by atoms with Crippen LogP contribution in [0.2, 0.25) is 0 Å². The maximum absolute atomic E-state index is 13.0. The number of halogens is 4. The average molecular weight is 337 g/mol. The first-order valence-electron chi connectivity index (χ1n) is 6.05. The summed E-state index contributed by atoms with van der Waals surface area (Å²) in [5.41, 5.74) is -2.16. The number of aromatic nitrogens is 2. The predicted octanol–water partition coefficient (Wildman–Crippen LogP) is 2.86. The molecule has 1 aromatic carbocycles. The number of nitrogens with one attached hydrogen (secondary N) is 1. The van der Waals surface area contributed by atoms with Crippen molar-refractivity contribution < 1.29 is 26.0 Å². The Morgan fingerprint density at radius 2 is 2.00 bits per heavy atom. The monoisotopic (exact) mass is 337 g/mol. The lowest BCUT2D eigenvalue weighted by atomic mass is 10.2. The molecule has 0 amide bonds. The van der Waals surface area contributed by atoms with Crippen LogP contribution in [0.5, 0.6) is 0 Å². The van der Waals surface area contributed by atoms with Crippen LogP contribution < -0.4 is 4.72 Å². The van der Waals surface area contributed by atoms with Crippen molar-refractivity contribution in [1.29, 1.82) is 0 Å². The van der Waals surface area contributed by atoms with Crippen LogP contribution in [0, 0.1) is 5.82 Å². The number of rotatable bonds is 4. The van der Waals surface area contributed by atoms with E-state index >= 15 is 0 Å².